The third kappa shape index (κ3) is 5.49. The summed E-state index contributed by atoms with van der Waals surface area (Å²) in [6.45, 7) is 5.26. The van der Waals surface area contributed by atoms with Crippen molar-refractivity contribution in [1.82, 2.24) is 10.6 Å². The molecule has 1 rings (SSSR count). The lowest BCUT2D eigenvalue weighted by molar-refractivity contribution is 0.0953. The van der Waals surface area contributed by atoms with Crippen molar-refractivity contribution in [3.63, 3.8) is 0 Å². The largest absolute Gasteiger partial charge is 0.392 e. The molecule has 100 valence electrons. The molecule has 3 N–H and O–H groups in total. The lowest BCUT2D eigenvalue weighted by Crippen LogP contribution is -2.34. The number of aryl methyl sites for hydroxylation is 1. The first-order valence-electron chi connectivity index (χ1n) is 5.93. The van der Waals surface area contributed by atoms with Crippen LogP contribution >= 0.6 is 11.6 Å². The Bertz CT molecular complexity index is 388. The normalized spacial score (nSPS) is 12.2. The van der Waals surface area contributed by atoms with Crippen LogP contribution in [0.25, 0.3) is 0 Å². The summed E-state index contributed by atoms with van der Waals surface area (Å²) in [5, 5.41) is 15.4. The zero-order valence-corrected chi connectivity index (χ0v) is 11.4. The van der Waals surface area contributed by atoms with E-state index in [1.165, 1.54) is 0 Å². The summed E-state index contributed by atoms with van der Waals surface area (Å²) in [6.07, 6.45) is -0.378. The Balaban J connectivity index is 2.36. The predicted molar refractivity (Wildman–Crippen MR) is 73.1 cm³/mol. The number of benzene rings is 1. The molecule has 0 heterocycles. The van der Waals surface area contributed by atoms with Crippen LogP contribution in [0.1, 0.15) is 22.8 Å². The van der Waals surface area contributed by atoms with Crippen molar-refractivity contribution in [2.24, 2.45) is 0 Å². The van der Waals surface area contributed by atoms with Crippen LogP contribution in [-0.2, 0) is 0 Å². The molecular formula is C13H19ClN2O2. The Kier molecular flexibility index (Phi) is 6.12. The summed E-state index contributed by atoms with van der Waals surface area (Å²) in [4.78, 5) is 11.8. The van der Waals surface area contributed by atoms with Crippen LogP contribution in [0.15, 0.2) is 18.2 Å². The second-order valence-electron chi connectivity index (χ2n) is 4.33. The van der Waals surface area contributed by atoms with Crippen LogP contribution in [-0.4, -0.2) is 36.8 Å². The Morgan fingerprint density at radius 2 is 2.11 bits per heavy atom. The molecule has 1 amide bonds. The number of rotatable bonds is 6. The molecule has 0 saturated carbocycles. The van der Waals surface area contributed by atoms with E-state index < -0.39 is 0 Å². The third-order valence-corrected chi connectivity index (χ3v) is 2.55. The molecule has 1 aromatic carbocycles. The second kappa shape index (κ2) is 7.36. The molecule has 5 heteroatoms. The van der Waals surface area contributed by atoms with Gasteiger partial charge in [-0.25, -0.2) is 0 Å². The maximum absolute atomic E-state index is 11.8. The summed E-state index contributed by atoms with van der Waals surface area (Å²) >= 11 is 5.89. The number of amides is 1. The van der Waals surface area contributed by atoms with Crippen LogP contribution in [0.4, 0.5) is 0 Å². The summed E-state index contributed by atoms with van der Waals surface area (Å²) in [5.41, 5.74) is 1.52. The van der Waals surface area contributed by atoms with Crippen molar-refractivity contribution >= 4 is 17.5 Å². The molecule has 0 bridgehead atoms. The molecule has 0 spiro atoms. The van der Waals surface area contributed by atoms with Crippen LogP contribution < -0.4 is 10.6 Å². The van der Waals surface area contributed by atoms with Gasteiger partial charge in [0, 0.05) is 30.2 Å². The van der Waals surface area contributed by atoms with E-state index in [0.717, 1.165) is 5.56 Å². The zero-order chi connectivity index (χ0) is 13.5. The minimum atomic E-state index is -0.378. The molecule has 0 fully saturated rings. The van der Waals surface area contributed by atoms with Gasteiger partial charge in [0.05, 0.1) is 6.10 Å². The van der Waals surface area contributed by atoms with Gasteiger partial charge in [-0.3, -0.25) is 4.79 Å². The fourth-order valence-electron chi connectivity index (χ4n) is 1.54. The van der Waals surface area contributed by atoms with Crippen molar-refractivity contribution in [2.75, 3.05) is 19.6 Å². The minimum Gasteiger partial charge on any atom is -0.392 e. The molecule has 4 nitrogen and oxygen atoms in total. The summed E-state index contributed by atoms with van der Waals surface area (Å²) < 4.78 is 0. The van der Waals surface area contributed by atoms with Crippen molar-refractivity contribution < 1.29 is 9.90 Å². The number of nitrogens with one attached hydrogen (secondary N) is 2. The fourth-order valence-corrected chi connectivity index (χ4v) is 1.83. The van der Waals surface area contributed by atoms with Gasteiger partial charge >= 0.3 is 0 Å². The smallest absolute Gasteiger partial charge is 0.251 e. The van der Waals surface area contributed by atoms with E-state index in [4.69, 9.17) is 16.7 Å². The van der Waals surface area contributed by atoms with E-state index in [-0.39, 0.29) is 12.0 Å². The number of aliphatic hydroxyl groups is 1. The predicted octanol–water partition coefficient (Wildman–Crippen LogP) is 1.35. The van der Waals surface area contributed by atoms with Crippen molar-refractivity contribution in [3.05, 3.63) is 34.3 Å². The van der Waals surface area contributed by atoms with Gasteiger partial charge in [-0.15, -0.1) is 0 Å². The highest BCUT2D eigenvalue weighted by atomic mass is 35.5. The highest BCUT2D eigenvalue weighted by molar-refractivity contribution is 6.31. The van der Waals surface area contributed by atoms with E-state index in [2.05, 4.69) is 10.6 Å². The maximum Gasteiger partial charge on any atom is 0.251 e. The van der Waals surface area contributed by atoms with Gasteiger partial charge < -0.3 is 15.7 Å². The molecule has 1 atom stereocenters. The van der Waals surface area contributed by atoms with Gasteiger partial charge in [0.1, 0.15) is 0 Å². The van der Waals surface area contributed by atoms with E-state index in [0.29, 0.717) is 30.2 Å². The summed E-state index contributed by atoms with van der Waals surface area (Å²) in [7, 11) is 0. The molecule has 0 radical (unpaired) electrons. The zero-order valence-electron chi connectivity index (χ0n) is 10.7. The van der Waals surface area contributed by atoms with Crippen LogP contribution in [0.3, 0.4) is 0 Å². The number of aliphatic hydroxyl groups excluding tert-OH is 1. The fraction of sp³-hybridized carbons (Fsp3) is 0.462. The highest BCUT2D eigenvalue weighted by Crippen LogP contribution is 2.14. The highest BCUT2D eigenvalue weighted by Gasteiger charge is 2.06. The van der Waals surface area contributed by atoms with Crippen LogP contribution in [0.2, 0.25) is 5.02 Å². The third-order valence-electron chi connectivity index (χ3n) is 2.33. The Labute approximate surface area is 112 Å². The molecule has 18 heavy (non-hydrogen) atoms. The molecule has 1 unspecified atom stereocenters. The maximum atomic E-state index is 11.8. The van der Waals surface area contributed by atoms with E-state index in [1.54, 1.807) is 19.1 Å². The average molecular weight is 271 g/mol. The number of halogens is 1. The Morgan fingerprint density at radius 1 is 1.39 bits per heavy atom. The van der Waals surface area contributed by atoms with Gasteiger partial charge in [-0.05, 0) is 37.6 Å². The quantitative estimate of drug-likeness (QED) is 0.684. The first kappa shape index (κ1) is 15.0. The number of hydrogen-bond donors (Lipinski definition) is 3. The van der Waals surface area contributed by atoms with E-state index >= 15 is 0 Å². The van der Waals surface area contributed by atoms with Gasteiger partial charge in [0.15, 0.2) is 0 Å². The Hall–Kier alpha value is -1.10. The molecule has 0 saturated heterocycles. The molecule has 0 aliphatic rings. The van der Waals surface area contributed by atoms with E-state index in [9.17, 15) is 4.79 Å². The lowest BCUT2D eigenvalue weighted by atomic mass is 10.1. The van der Waals surface area contributed by atoms with Crippen molar-refractivity contribution in [2.45, 2.75) is 20.0 Å². The minimum absolute atomic E-state index is 0.139. The van der Waals surface area contributed by atoms with Crippen LogP contribution in [0, 0.1) is 6.92 Å². The molecular weight excluding hydrogens is 252 g/mol. The topological polar surface area (TPSA) is 61.4 Å². The van der Waals surface area contributed by atoms with Crippen molar-refractivity contribution in [1.29, 1.82) is 0 Å². The standard InChI is InChI=1S/C13H19ClN2O2/c1-9-5-11(7-12(14)6-9)13(18)16-4-3-15-8-10(2)17/h5-7,10,15,17H,3-4,8H2,1-2H3,(H,16,18). The number of carbonyl (C=O) groups is 1. The van der Waals surface area contributed by atoms with Gasteiger partial charge in [-0.1, -0.05) is 11.6 Å². The van der Waals surface area contributed by atoms with Crippen molar-refractivity contribution in [3.8, 4) is 0 Å². The summed E-state index contributed by atoms with van der Waals surface area (Å²) in [6, 6.07) is 5.25. The SMILES string of the molecule is Cc1cc(Cl)cc(C(=O)NCCNCC(C)O)c1. The number of hydrogen-bond acceptors (Lipinski definition) is 3. The lowest BCUT2D eigenvalue weighted by Gasteiger charge is -2.09. The molecule has 0 aliphatic carbocycles. The number of carbonyl (C=O) groups excluding carboxylic acids is 1. The van der Waals surface area contributed by atoms with Crippen LogP contribution in [0.5, 0.6) is 0 Å². The van der Waals surface area contributed by atoms with Gasteiger partial charge in [0.2, 0.25) is 0 Å². The Morgan fingerprint density at radius 3 is 2.72 bits per heavy atom. The monoisotopic (exact) mass is 270 g/mol. The van der Waals surface area contributed by atoms with Gasteiger partial charge in [-0.2, -0.15) is 0 Å². The average Bonchev–Trinajstić information content (AvgIpc) is 2.26. The second-order valence-corrected chi connectivity index (χ2v) is 4.76. The first-order valence-corrected chi connectivity index (χ1v) is 6.31. The first-order chi connectivity index (χ1) is 8.49. The molecule has 0 aliphatic heterocycles. The summed E-state index contributed by atoms with van der Waals surface area (Å²) in [5.74, 6) is -0.139. The molecule has 0 aromatic heterocycles. The van der Waals surface area contributed by atoms with Gasteiger partial charge in [0.25, 0.3) is 5.91 Å². The van der Waals surface area contributed by atoms with E-state index in [1.807, 2.05) is 13.0 Å². The molecule has 1 aromatic rings.